The molecule has 0 aliphatic carbocycles. The Balaban J connectivity index is 2.15. The fourth-order valence-electron chi connectivity index (χ4n) is 1.79. The van der Waals surface area contributed by atoms with Gasteiger partial charge in [-0.25, -0.2) is 0 Å². The van der Waals surface area contributed by atoms with Crippen LogP contribution in [0.25, 0.3) is 0 Å². The van der Waals surface area contributed by atoms with Gasteiger partial charge >= 0.3 is 0 Å². The molecule has 3 rings (SSSR count). The molecule has 1 N–H and O–H groups in total. The first-order valence-corrected chi connectivity index (χ1v) is 6.36. The van der Waals surface area contributed by atoms with Crippen molar-refractivity contribution in [2.45, 2.75) is 15.3 Å². The Bertz CT molecular complexity index is 527. The first-order valence-electron chi connectivity index (χ1n) is 5.11. The van der Waals surface area contributed by atoms with Crippen LogP contribution in [0.4, 0.5) is 5.69 Å². The highest BCUT2D eigenvalue weighted by atomic mass is 35.5. The molecule has 16 heavy (non-hydrogen) atoms. The molecule has 2 aromatic carbocycles. The van der Waals surface area contributed by atoms with E-state index in [2.05, 4.69) is 29.6 Å². The maximum Gasteiger partial charge on any atom is 0.128 e. The van der Waals surface area contributed by atoms with Crippen LogP contribution in [-0.2, 0) is 0 Å². The zero-order valence-electron chi connectivity index (χ0n) is 8.48. The van der Waals surface area contributed by atoms with Crippen molar-refractivity contribution in [1.29, 1.82) is 0 Å². The van der Waals surface area contributed by atoms with Gasteiger partial charge in [0.2, 0.25) is 0 Å². The van der Waals surface area contributed by atoms with Crippen molar-refractivity contribution in [2.24, 2.45) is 0 Å². The second-order valence-corrected chi connectivity index (χ2v) is 5.16. The number of para-hydroxylation sites is 1. The third kappa shape index (κ3) is 1.68. The number of rotatable bonds is 0. The van der Waals surface area contributed by atoms with Crippen molar-refractivity contribution >= 4 is 29.1 Å². The van der Waals surface area contributed by atoms with E-state index < -0.39 is 0 Å². The van der Waals surface area contributed by atoms with E-state index >= 15 is 0 Å². The summed E-state index contributed by atoms with van der Waals surface area (Å²) < 4.78 is 0. The summed E-state index contributed by atoms with van der Waals surface area (Å²) in [5.74, 6) is 0. The van der Waals surface area contributed by atoms with Gasteiger partial charge in [0.1, 0.15) is 5.50 Å². The van der Waals surface area contributed by atoms with Gasteiger partial charge in [-0.3, -0.25) is 0 Å². The van der Waals surface area contributed by atoms with Crippen LogP contribution >= 0.6 is 23.4 Å². The Morgan fingerprint density at radius 2 is 1.62 bits per heavy atom. The van der Waals surface area contributed by atoms with Crippen molar-refractivity contribution in [1.82, 2.24) is 0 Å². The average molecular weight is 248 g/mol. The highest BCUT2D eigenvalue weighted by Gasteiger charge is 2.18. The summed E-state index contributed by atoms with van der Waals surface area (Å²) in [6.07, 6.45) is 0. The maximum absolute atomic E-state index is 6.35. The highest BCUT2D eigenvalue weighted by Crippen LogP contribution is 2.42. The summed E-state index contributed by atoms with van der Waals surface area (Å²) in [4.78, 5) is 2.44. The summed E-state index contributed by atoms with van der Waals surface area (Å²) >= 11 is 8.12. The Morgan fingerprint density at radius 1 is 0.938 bits per heavy atom. The van der Waals surface area contributed by atoms with Crippen LogP contribution in [0.5, 0.6) is 0 Å². The molecule has 2 aromatic rings. The number of anilines is 1. The molecule has 0 bridgehead atoms. The standard InChI is InChI=1S/C13H10ClNS/c14-13-9-5-1-3-7-11(9)16-12-8-4-2-6-10(12)15-13/h1-8,13,15H. The van der Waals surface area contributed by atoms with E-state index in [4.69, 9.17) is 11.6 Å². The van der Waals surface area contributed by atoms with Gasteiger partial charge in [-0.15, -0.1) is 0 Å². The minimum Gasteiger partial charge on any atom is -0.365 e. The smallest absolute Gasteiger partial charge is 0.128 e. The van der Waals surface area contributed by atoms with Gasteiger partial charge in [0.25, 0.3) is 0 Å². The van der Waals surface area contributed by atoms with Gasteiger partial charge in [-0.2, -0.15) is 0 Å². The lowest BCUT2D eigenvalue weighted by molar-refractivity contribution is 1.05. The van der Waals surface area contributed by atoms with E-state index in [9.17, 15) is 0 Å². The number of benzene rings is 2. The first-order chi connectivity index (χ1) is 7.84. The zero-order chi connectivity index (χ0) is 11.0. The van der Waals surface area contributed by atoms with Gasteiger partial charge in [0, 0.05) is 21.0 Å². The number of alkyl halides is 1. The monoisotopic (exact) mass is 247 g/mol. The minimum atomic E-state index is -0.160. The van der Waals surface area contributed by atoms with Crippen molar-refractivity contribution in [3.05, 3.63) is 54.1 Å². The van der Waals surface area contributed by atoms with Crippen LogP contribution in [-0.4, -0.2) is 0 Å². The van der Waals surface area contributed by atoms with Gasteiger partial charge in [0.05, 0.1) is 0 Å². The molecule has 80 valence electrons. The number of halogens is 1. The predicted octanol–water partition coefficient (Wildman–Crippen LogP) is 4.50. The lowest BCUT2D eigenvalue weighted by Gasteiger charge is -2.12. The number of hydrogen-bond acceptors (Lipinski definition) is 2. The molecule has 1 aliphatic rings. The molecular weight excluding hydrogens is 238 g/mol. The van der Waals surface area contributed by atoms with Crippen molar-refractivity contribution in [2.75, 3.05) is 5.32 Å². The van der Waals surface area contributed by atoms with Crippen LogP contribution in [0.3, 0.4) is 0 Å². The van der Waals surface area contributed by atoms with E-state index in [1.807, 2.05) is 24.3 Å². The van der Waals surface area contributed by atoms with E-state index in [-0.39, 0.29) is 5.50 Å². The van der Waals surface area contributed by atoms with Crippen LogP contribution in [0.1, 0.15) is 11.1 Å². The van der Waals surface area contributed by atoms with Crippen LogP contribution in [0.2, 0.25) is 0 Å². The minimum absolute atomic E-state index is 0.160. The predicted molar refractivity (Wildman–Crippen MR) is 69.2 cm³/mol. The molecule has 0 fully saturated rings. The quantitative estimate of drug-likeness (QED) is 0.543. The molecule has 1 heterocycles. The number of fused-ring (bicyclic) bond motifs is 2. The molecule has 0 saturated heterocycles. The number of nitrogens with one attached hydrogen (secondary N) is 1. The molecule has 1 atom stereocenters. The second kappa shape index (κ2) is 4.04. The van der Waals surface area contributed by atoms with Crippen LogP contribution in [0.15, 0.2) is 58.3 Å². The molecule has 1 unspecified atom stereocenters. The maximum atomic E-state index is 6.35. The Labute approximate surface area is 104 Å². The summed E-state index contributed by atoms with van der Waals surface area (Å²) in [6.45, 7) is 0. The largest absolute Gasteiger partial charge is 0.365 e. The zero-order valence-corrected chi connectivity index (χ0v) is 10.1. The Hall–Kier alpha value is -1.12. The van der Waals surface area contributed by atoms with Crippen LogP contribution < -0.4 is 5.32 Å². The van der Waals surface area contributed by atoms with E-state index in [0.717, 1.165) is 11.3 Å². The lowest BCUT2D eigenvalue weighted by Crippen LogP contribution is -2.03. The number of hydrogen-bond donors (Lipinski definition) is 1. The van der Waals surface area contributed by atoms with Crippen LogP contribution in [0, 0.1) is 0 Å². The fourth-order valence-corrected chi connectivity index (χ4v) is 3.23. The first kappa shape index (κ1) is 10.1. The molecular formula is C13H10ClNS. The van der Waals surface area contributed by atoms with Gasteiger partial charge in [-0.05, 0) is 18.2 Å². The third-order valence-corrected chi connectivity index (χ3v) is 4.09. The fraction of sp³-hybridized carbons (Fsp3) is 0.0769. The SMILES string of the molecule is ClC1Nc2ccccc2Sc2ccccc21. The molecule has 1 aliphatic heterocycles. The molecule has 1 nitrogen and oxygen atoms in total. The summed E-state index contributed by atoms with van der Waals surface area (Å²) in [6, 6.07) is 16.5. The van der Waals surface area contributed by atoms with E-state index in [0.29, 0.717) is 0 Å². The Kier molecular flexibility index (Phi) is 2.54. The Morgan fingerprint density at radius 3 is 2.50 bits per heavy atom. The summed E-state index contributed by atoms with van der Waals surface area (Å²) in [5, 5.41) is 3.32. The molecule has 0 aromatic heterocycles. The third-order valence-electron chi connectivity index (χ3n) is 2.58. The molecule has 0 amide bonds. The molecule has 3 heteroatoms. The van der Waals surface area contributed by atoms with Crippen molar-refractivity contribution in [3.63, 3.8) is 0 Å². The normalized spacial score (nSPS) is 17.9. The molecule has 0 saturated carbocycles. The summed E-state index contributed by atoms with van der Waals surface area (Å²) in [5.41, 5.74) is 2.08. The topological polar surface area (TPSA) is 12.0 Å². The average Bonchev–Trinajstić information content (AvgIpc) is 2.45. The van der Waals surface area contributed by atoms with Crippen molar-refractivity contribution < 1.29 is 0 Å². The summed E-state index contributed by atoms with van der Waals surface area (Å²) in [7, 11) is 0. The van der Waals surface area contributed by atoms with Crippen molar-refractivity contribution in [3.8, 4) is 0 Å². The lowest BCUT2D eigenvalue weighted by atomic mass is 10.2. The molecule has 0 radical (unpaired) electrons. The molecule has 0 spiro atoms. The van der Waals surface area contributed by atoms with Gasteiger partial charge < -0.3 is 5.32 Å². The highest BCUT2D eigenvalue weighted by molar-refractivity contribution is 7.99. The van der Waals surface area contributed by atoms with Gasteiger partial charge in [0.15, 0.2) is 0 Å². The second-order valence-electron chi connectivity index (χ2n) is 3.64. The van der Waals surface area contributed by atoms with Gasteiger partial charge in [-0.1, -0.05) is 53.7 Å². The van der Waals surface area contributed by atoms with E-state index in [1.165, 1.54) is 9.79 Å². The van der Waals surface area contributed by atoms with E-state index in [1.54, 1.807) is 11.8 Å².